The fourth-order valence-electron chi connectivity index (χ4n) is 3.71. The fraction of sp³-hybridized carbons (Fsp3) is 0.304. The van der Waals surface area contributed by atoms with Crippen LogP contribution in [0, 0.1) is 5.82 Å². The van der Waals surface area contributed by atoms with E-state index in [1.165, 1.54) is 24.3 Å². The summed E-state index contributed by atoms with van der Waals surface area (Å²) in [7, 11) is 0. The van der Waals surface area contributed by atoms with Gasteiger partial charge in [0.05, 0.1) is 27.7 Å². The molecule has 1 aromatic heterocycles. The summed E-state index contributed by atoms with van der Waals surface area (Å²) in [6.07, 6.45) is 0.649. The van der Waals surface area contributed by atoms with Crippen molar-refractivity contribution in [2.45, 2.75) is 13.3 Å². The quantitative estimate of drug-likeness (QED) is 0.497. The summed E-state index contributed by atoms with van der Waals surface area (Å²) in [5, 5.41) is 0.644. The number of esters is 1. The molecule has 0 N–H and O–H groups in total. The van der Waals surface area contributed by atoms with Crippen LogP contribution < -0.4 is 4.90 Å². The molecule has 10 heteroatoms. The first-order chi connectivity index (χ1) is 15.9. The van der Waals surface area contributed by atoms with Gasteiger partial charge in [0.2, 0.25) is 0 Å². The number of carbonyl (C=O) groups excluding carboxylic acids is 2. The van der Waals surface area contributed by atoms with Crippen molar-refractivity contribution in [3.05, 3.63) is 63.5 Å². The molecule has 7 nitrogen and oxygen atoms in total. The van der Waals surface area contributed by atoms with Crippen LogP contribution in [0.1, 0.15) is 34.2 Å². The van der Waals surface area contributed by atoms with Gasteiger partial charge in [0.1, 0.15) is 5.82 Å². The Labute approximate surface area is 200 Å². The largest absolute Gasteiger partial charge is 0.461 e. The maximum Gasteiger partial charge on any atom is 0.360 e. The average Bonchev–Trinajstić information content (AvgIpc) is 3.05. The summed E-state index contributed by atoms with van der Waals surface area (Å²) in [6, 6.07) is 8.65. The zero-order chi connectivity index (χ0) is 23.5. The van der Waals surface area contributed by atoms with Crippen LogP contribution in [0.25, 0.3) is 11.0 Å². The minimum Gasteiger partial charge on any atom is -0.461 e. The van der Waals surface area contributed by atoms with Gasteiger partial charge in [0.25, 0.3) is 5.91 Å². The molecule has 0 aliphatic carbocycles. The van der Waals surface area contributed by atoms with Crippen molar-refractivity contribution >= 4 is 51.9 Å². The third kappa shape index (κ3) is 5.02. The lowest BCUT2D eigenvalue weighted by molar-refractivity contribution is 0.0520. The minimum atomic E-state index is -0.587. The number of anilines is 1. The zero-order valence-electron chi connectivity index (χ0n) is 17.9. The number of fused-ring (bicyclic) bond motifs is 1. The summed E-state index contributed by atoms with van der Waals surface area (Å²) in [5.74, 6) is -0.781. The van der Waals surface area contributed by atoms with E-state index in [-0.39, 0.29) is 18.2 Å². The van der Waals surface area contributed by atoms with Crippen molar-refractivity contribution in [1.82, 2.24) is 14.9 Å². The number of rotatable bonds is 4. The first-order valence-electron chi connectivity index (χ1n) is 10.5. The van der Waals surface area contributed by atoms with E-state index in [4.69, 9.17) is 27.9 Å². The molecule has 0 bridgehead atoms. The van der Waals surface area contributed by atoms with Crippen LogP contribution in [0.3, 0.4) is 0 Å². The van der Waals surface area contributed by atoms with Gasteiger partial charge < -0.3 is 14.5 Å². The van der Waals surface area contributed by atoms with Crippen molar-refractivity contribution in [2.75, 3.05) is 37.7 Å². The summed E-state index contributed by atoms with van der Waals surface area (Å²) in [5.41, 5.74) is 1.44. The Morgan fingerprint density at radius 1 is 1.00 bits per heavy atom. The second-order valence-corrected chi connectivity index (χ2v) is 8.33. The predicted octanol–water partition coefficient (Wildman–Crippen LogP) is 4.60. The number of aromatic nitrogens is 2. The van der Waals surface area contributed by atoms with Crippen LogP contribution in [0.5, 0.6) is 0 Å². The van der Waals surface area contributed by atoms with E-state index in [0.717, 1.165) is 0 Å². The first-order valence-corrected chi connectivity index (χ1v) is 11.3. The maximum atomic E-state index is 13.2. The highest BCUT2D eigenvalue weighted by Crippen LogP contribution is 2.29. The molecule has 1 fully saturated rings. The van der Waals surface area contributed by atoms with Gasteiger partial charge >= 0.3 is 5.97 Å². The normalized spacial score (nSPS) is 14.3. The molecule has 0 radical (unpaired) electrons. The number of hydrogen-bond donors (Lipinski definition) is 0. The number of carbonyl (C=O) groups is 2. The van der Waals surface area contributed by atoms with Gasteiger partial charge in [-0.1, -0.05) is 23.2 Å². The summed E-state index contributed by atoms with van der Waals surface area (Å²) < 4.78 is 18.4. The lowest BCUT2D eigenvalue weighted by Gasteiger charge is -2.24. The van der Waals surface area contributed by atoms with Gasteiger partial charge in [0.15, 0.2) is 11.5 Å². The third-order valence-corrected chi connectivity index (χ3v) is 6.05. The minimum absolute atomic E-state index is 0.0843. The molecule has 2 aromatic carbocycles. The number of ether oxygens (including phenoxy) is 1. The highest BCUT2D eigenvalue weighted by molar-refractivity contribution is 6.42. The summed E-state index contributed by atoms with van der Waals surface area (Å²) >= 11 is 12.3. The number of nitrogens with zero attached hydrogens (tertiary/aromatic N) is 4. The van der Waals surface area contributed by atoms with Crippen LogP contribution in [0.2, 0.25) is 10.0 Å². The van der Waals surface area contributed by atoms with E-state index in [0.29, 0.717) is 65.1 Å². The Hall–Kier alpha value is -2.97. The number of hydrogen-bond acceptors (Lipinski definition) is 6. The highest BCUT2D eigenvalue weighted by Gasteiger charge is 2.26. The number of amides is 1. The molecule has 4 rings (SSSR count). The van der Waals surface area contributed by atoms with Crippen molar-refractivity contribution in [1.29, 1.82) is 0 Å². The fourth-order valence-corrected chi connectivity index (χ4v) is 4.02. The monoisotopic (exact) mass is 490 g/mol. The topological polar surface area (TPSA) is 75.6 Å². The van der Waals surface area contributed by atoms with Crippen molar-refractivity contribution in [2.24, 2.45) is 0 Å². The van der Waals surface area contributed by atoms with Gasteiger partial charge in [-0.2, -0.15) is 0 Å². The van der Waals surface area contributed by atoms with Crippen LogP contribution in [-0.4, -0.2) is 59.5 Å². The number of halogens is 3. The van der Waals surface area contributed by atoms with Crippen LogP contribution in [-0.2, 0) is 4.74 Å². The lowest BCUT2D eigenvalue weighted by Crippen LogP contribution is -2.36. The lowest BCUT2D eigenvalue weighted by atomic mass is 10.2. The van der Waals surface area contributed by atoms with Crippen LogP contribution in [0.15, 0.2) is 36.4 Å². The van der Waals surface area contributed by atoms with Crippen molar-refractivity contribution in [3.63, 3.8) is 0 Å². The third-order valence-electron chi connectivity index (χ3n) is 5.33. The molecule has 0 unspecified atom stereocenters. The van der Waals surface area contributed by atoms with E-state index >= 15 is 0 Å². The Morgan fingerprint density at radius 2 is 1.67 bits per heavy atom. The molecular weight excluding hydrogens is 470 g/mol. The molecule has 1 aliphatic rings. The SMILES string of the molecule is CCOC(=O)c1nc2cc(Cl)c(Cl)cc2nc1N1CCCN(C(=O)c2ccc(F)cc2)CC1. The summed E-state index contributed by atoms with van der Waals surface area (Å²) in [4.78, 5) is 38.3. The molecule has 2 heterocycles. The second kappa shape index (κ2) is 9.89. The van der Waals surface area contributed by atoms with Crippen LogP contribution >= 0.6 is 23.2 Å². The molecular formula is C23H21Cl2FN4O3. The van der Waals surface area contributed by atoms with Crippen molar-refractivity contribution in [3.8, 4) is 0 Å². The van der Waals surface area contributed by atoms with E-state index in [9.17, 15) is 14.0 Å². The predicted molar refractivity (Wildman–Crippen MR) is 125 cm³/mol. The Morgan fingerprint density at radius 3 is 2.33 bits per heavy atom. The van der Waals surface area contributed by atoms with Crippen molar-refractivity contribution < 1.29 is 18.7 Å². The average molecular weight is 491 g/mol. The Kier molecular flexibility index (Phi) is 6.95. The van der Waals surface area contributed by atoms with Crippen LogP contribution in [0.4, 0.5) is 10.2 Å². The Bertz CT molecular complexity index is 1210. The Balaban J connectivity index is 1.64. The molecule has 172 valence electrons. The second-order valence-electron chi connectivity index (χ2n) is 7.51. The maximum absolute atomic E-state index is 13.2. The first kappa shape index (κ1) is 23.2. The van der Waals surface area contributed by atoms with Gasteiger partial charge in [-0.05, 0) is 49.7 Å². The van der Waals surface area contributed by atoms with Gasteiger partial charge in [0, 0.05) is 31.7 Å². The van der Waals surface area contributed by atoms with Gasteiger partial charge in [-0.15, -0.1) is 0 Å². The molecule has 0 spiro atoms. The molecule has 1 aliphatic heterocycles. The van der Waals surface area contributed by atoms with Gasteiger partial charge in [-0.3, -0.25) is 4.79 Å². The summed E-state index contributed by atoms with van der Waals surface area (Å²) in [6.45, 7) is 3.82. The van der Waals surface area contributed by atoms with E-state index in [1.807, 2.05) is 4.90 Å². The van der Waals surface area contributed by atoms with E-state index < -0.39 is 11.8 Å². The molecule has 0 atom stereocenters. The van der Waals surface area contributed by atoms with E-state index in [2.05, 4.69) is 9.97 Å². The molecule has 3 aromatic rings. The van der Waals surface area contributed by atoms with Gasteiger partial charge in [-0.25, -0.2) is 19.2 Å². The molecule has 1 amide bonds. The zero-order valence-corrected chi connectivity index (χ0v) is 19.4. The number of benzene rings is 2. The molecule has 1 saturated heterocycles. The molecule has 33 heavy (non-hydrogen) atoms. The highest BCUT2D eigenvalue weighted by atomic mass is 35.5. The standard InChI is InChI=1S/C23H21Cl2FN4O3/c1-2-33-23(32)20-21(28-19-13-17(25)16(24)12-18(19)27-20)29-8-3-9-30(11-10-29)22(31)14-4-6-15(26)7-5-14/h4-7,12-13H,2-3,8-11H2,1H3. The molecule has 0 saturated carbocycles. The van der Waals surface area contributed by atoms with E-state index in [1.54, 1.807) is 24.0 Å². The smallest absolute Gasteiger partial charge is 0.360 e.